The largest absolute Gasteiger partial charge is 0.0952 e. The molecule has 0 bridgehead atoms. The maximum Gasteiger partial charge on any atom is -0.0149 e. The van der Waals surface area contributed by atoms with Gasteiger partial charge in [-0.1, -0.05) is 62.5 Å². The number of rotatable bonds is 4. The molecule has 0 spiro atoms. The van der Waals surface area contributed by atoms with E-state index in [1.807, 2.05) is 0 Å². The van der Waals surface area contributed by atoms with Crippen LogP contribution < -0.4 is 0 Å². The Morgan fingerprint density at radius 2 is 1.45 bits per heavy atom. The van der Waals surface area contributed by atoms with Gasteiger partial charge in [-0.15, -0.1) is 0 Å². The van der Waals surface area contributed by atoms with Crippen molar-refractivity contribution >= 4 is 11.1 Å². The number of allylic oxidation sites excluding steroid dienone is 1. The molecule has 102 valence electrons. The lowest BCUT2D eigenvalue weighted by Crippen LogP contribution is -1.96. The van der Waals surface area contributed by atoms with Crippen LogP contribution in [0.3, 0.4) is 0 Å². The van der Waals surface area contributed by atoms with Crippen molar-refractivity contribution in [1.29, 1.82) is 0 Å². The van der Waals surface area contributed by atoms with Crippen molar-refractivity contribution in [3.8, 4) is 0 Å². The summed E-state index contributed by atoms with van der Waals surface area (Å²) in [7, 11) is 0. The predicted molar refractivity (Wildman–Crippen MR) is 89.8 cm³/mol. The first-order chi connectivity index (χ1) is 9.56. The minimum absolute atomic E-state index is 0.973. The third kappa shape index (κ3) is 2.60. The zero-order valence-electron chi connectivity index (χ0n) is 12.7. The van der Waals surface area contributed by atoms with E-state index >= 15 is 0 Å². The van der Waals surface area contributed by atoms with E-state index in [1.54, 1.807) is 0 Å². The third-order valence-corrected chi connectivity index (χ3v) is 3.94. The van der Waals surface area contributed by atoms with E-state index in [-0.39, 0.29) is 0 Å². The first kappa shape index (κ1) is 14.3. The molecule has 0 nitrogen and oxygen atoms in total. The van der Waals surface area contributed by atoms with Crippen LogP contribution in [-0.2, 0) is 0 Å². The molecule has 0 N–H and O–H groups in total. The Morgan fingerprint density at radius 3 is 2.10 bits per heavy atom. The molecule has 0 saturated carbocycles. The number of aryl methyl sites for hydroxylation is 1. The molecule has 0 aromatic heterocycles. The van der Waals surface area contributed by atoms with Crippen molar-refractivity contribution in [3.63, 3.8) is 0 Å². The molecule has 0 aliphatic rings. The van der Waals surface area contributed by atoms with Crippen LogP contribution in [0.15, 0.2) is 55.6 Å². The van der Waals surface area contributed by atoms with E-state index in [0.29, 0.717) is 0 Å². The monoisotopic (exact) mass is 262 g/mol. The van der Waals surface area contributed by atoms with Gasteiger partial charge in [0.1, 0.15) is 0 Å². The highest BCUT2D eigenvalue weighted by molar-refractivity contribution is 5.83. The first-order valence-electron chi connectivity index (χ1n) is 7.09. The smallest absolute Gasteiger partial charge is 0.0149 e. The Kier molecular flexibility index (Phi) is 4.24. The van der Waals surface area contributed by atoms with Crippen LogP contribution in [0, 0.1) is 13.8 Å². The Morgan fingerprint density at radius 1 is 0.850 bits per heavy atom. The van der Waals surface area contributed by atoms with Crippen molar-refractivity contribution in [2.45, 2.75) is 27.2 Å². The lowest BCUT2D eigenvalue weighted by Gasteiger charge is -2.16. The van der Waals surface area contributed by atoms with Gasteiger partial charge in [-0.3, -0.25) is 0 Å². The zero-order chi connectivity index (χ0) is 14.7. The maximum atomic E-state index is 4.31. The summed E-state index contributed by atoms with van der Waals surface area (Å²) in [5.74, 6) is 0. The summed E-state index contributed by atoms with van der Waals surface area (Å²) in [6.07, 6.45) is 0.973. The minimum Gasteiger partial charge on any atom is -0.0952 e. The van der Waals surface area contributed by atoms with E-state index in [1.165, 1.54) is 33.4 Å². The van der Waals surface area contributed by atoms with Crippen LogP contribution in [0.5, 0.6) is 0 Å². The third-order valence-electron chi connectivity index (χ3n) is 3.94. The second-order valence-electron chi connectivity index (χ2n) is 5.23. The van der Waals surface area contributed by atoms with Gasteiger partial charge in [0.05, 0.1) is 0 Å². The van der Waals surface area contributed by atoms with Gasteiger partial charge in [0.25, 0.3) is 0 Å². The Hall–Kier alpha value is -2.08. The summed E-state index contributed by atoms with van der Waals surface area (Å²) in [6.45, 7) is 14.9. The van der Waals surface area contributed by atoms with Crippen molar-refractivity contribution in [3.05, 3.63) is 83.4 Å². The van der Waals surface area contributed by atoms with Crippen LogP contribution in [0.4, 0.5) is 0 Å². The zero-order valence-corrected chi connectivity index (χ0v) is 12.7. The molecule has 0 amide bonds. The van der Waals surface area contributed by atoms with Gasteiger partial charge in [-0.05, 0) is 59.2 Å². The van der Waals surface area contributed by atoms with Crippen molar-refractivity contribution < 1.29 is 0 Å². The van der Waals surface area contributed by atoms with Crippen LogP contribution in [0.2, 0.25) is 0 Å². The molecule has 0 heteroatoms. The van der Waals surface area contributed by atoms with Crippen LogP contribution in [0.25, 0.3) is 11.1 Å². The van der Waals surface area contributed by atoms with Gasteiger partial charge in [0.2, 0.25) is 0 Å². The second kappa shape index (κ2) is 5.92. The van der Waals surface area contributed by atoms with Gasteiger partial charge in [-0.25, -0.2) is 0 Å². The summed E-state index contributed by atoms with van der Waals surface area (Å²) in [4.78, 5) is 0. The van der Waals surface area contributed by atoms with Gasteiger partial charge < -0.3 is 0 Å². The van der Waals surface area contributed by atoms with Crippen molar-refractivity contribution in [1.82, 2.24) is 0 Å². The van der Waals surface area contributed by atoms with Gasteiger partial charge in [0.15, 0.2) is 0 Å². The van der Waals surface area contributed by atoms with Crippen molar-refractivity contribution in [2.75, 3.05) is 0 Å². The number of benzene rings is 2. The molecule has 20 heavy (non-hydrogen) atoms. The number of hydrogen-bond acceptors (Lipinski definition) is 0. The Bertz CT molecular complexity index is 659. The Labute approximate surface area is 122 Å². The molecule has 0 aliphatic heterocycles. The highest BCUT2D eigenvalue weighted by atomic mass is 14.1. The topological polar surface area (TPSA) is 0 Å². The fourth-order valence-electron chi connectivity index (χ4n) is 2.59. The first-order valence-corrected chi connectivity index (χ1v) is 7.09. The fraction of sp³-hybridized carbons (Fsp3) is 0.200. The van der Waals surface area contributed by atoms with Crippen molar-refractivity contribution in [2.24, 2.45) is 0 Å². The van der Waals surface area contributed by atoms with Gasteiger partial charge in [0, 0.05) is 0 Å². The molecule has 2 aromatic carbocycles. The highest BCUT2D eigenvalue weighted by Crippen LogP contribution is 2.30. The summed E-state index contributed by atoms with van der Waals surface area (Å²) in [5.41, 5.74) is 8.48. The molecule has 0 atom stereocenters. The van der Waals surface area contributed by atoms with Crippen LogP contribution in [0.1, 0.15) is 41.2 Å². The summed E-state index contributed by atoms with van der Waals surface area (Å²) in [6, 6.07) is 14.8. The molecular weight excluding hydrogens is 240 g/mol. The maximum absolute atomic E-state index is 4.31. The quantitative estimate of drug-likeness (QED) is 0.654. The predicted octanol–water partition coefficient (Wildman–Crippen LogP) is 5.79. The molecule has 0 aliphatic carbocycles. The standard InChI is InChI=1S/C20H22/c1-6-14(2)18-12-9-13-20(16(18)4)17(5)19-11-8-7-10-15(19)3/h7-13H,2,5-6H2,1,3-4H3. The molecule has 0 radical (unpaired) electrons. The summed E-state index contributed by atoms with van der Waals surface area (Å²) < 4.78 is 0. The van der Waals surface area contributed by atoms with E-state index in [4.69, 9.17) is 0 Å². The summed E-state index contributed by atoms with van der Waals surface area (Å²) >= 11 is 0. The SMILES string of the molecule is C=C(CC)c1cccc(C(=C)c2ccccc2C)c1C. The minimum atomic E-state index is 0.973. The van der Waals surface area contributed by atoms with E-state index < -0.39 is 0 Å². The highest BCUT2D eigenvalue weighted by Gasteiger charge is 2.11. The molecule has 0 fully saturated rings. The van der Waals surface area contributed by atoms with Crippen LogP contribution >= 0.6 is 0 Å². The molecule has 0 heterocycles. The average Bonchev–Trinajstić information content (AvgIpc) is 2.46. The van der Waals surface area contributed by atoms with E-state index in [9.17, 15) is 0 Å². The van der Waals surface area contributed by atoms with Gasteiger partial charge in [-0.2, -0.15) is 0 Å². The normalized spacial score (nSPS) is 10.3. The van der Waals surface area contributed by atoms with Gasteiger partial charge >= 0.3 is 0 Å². The number of hydrogen-bond donors (Lipinski definition) is 0. The molecule has 0 saturated heterocycles. The van der Waals surface area contributed by atoms with E-state index in [0.717, 1.165) is 12.0 Å². The lowest BCUT2D eigenvalue weighted by atomic mass is 9.89. The fourth-order valence-corrected chi connectivity index (χ4v) is 2.59. The van der Waals surface area contributed by atoms with Crippen LogP contribution in [-0.4, -0.2) is 0 Å². The molecular formula is C20H22. The summed E-state index contributed by atoms with van der Waals surface area (Å²) in [5, 5.41) is 0. The molecule has 0 unspecified atom stereocenters. The lowest BCUT2D eigenvalue weighted by molar-refractivity contribution is 1.23. The molecule has 2 aromatic rings. The average molecular weight is 262 g/mol. The Balaban J connectivity index is 2.51. The molecule has 2 rings (SSSR count). The second-order valence-corrected chi connectivity index (χ2v) is 5.23. The van der Waals surface area contributed by atoms with E-state index in [2.05, 4.69) is 76.4 Å².